The number of oxazole rings is 1. The SMILES string of the molecule is O=c1c(C(F)(F)F)cccn1Cc1ncc(-c2ccccc2)o1. The molecule has 0 spiro atoms. The van der Waals surface area contributed by atoms with Gasteiger partial charge in [0.1, 0.15) is 12.1 Å². The summed E-state index contributed by atoms with van der Waals surface area (Å²) in [5.41, 5.74) is -1.54. The van der Waals surface area contributed by atoms with Gasteiger partial charge in [-0.05, 0) is 12.1 Å². The summed E-state index contributed by atoms with van der Waals surface area (Å²) >= 11 is 0. The minimum absolute atomic E-state index is 0.158. The molecule has 3 aromatic rings. The van der Waals surface area contributed by atoms with Crippen LogP contribution in [0.3, 0.4) is 0 Å². The predicted molar refractivity (Wildman–Crippen MR) is 76.7 cm³/mol. The minimum Gasteiger partial charge on any atom is -0.439 e. The second kappa shape index (κ2) is 5.75. The molecule has 0 radical (unpaired) electrons. The summed E-state index contributed by atoms with van der Waals surface area (Å²) in [4.78, 5) is 15.9. The molecule has 7 heteroatoms. The van der Waals surface area contributed by atoms with Gasteiger partial charge in [-0.3, -0.25) is 4.79 Å². The largest absolute Gasteiger partial charge is 0.439 e. The molecule has 0 atom stereocenters. The molecular formula is C16H11F3N2O2. The van der Waals surface area contributed by atoms with E-state index in [0.717, 1.165) is 16.2 Å². The first-order valence-electron chi connectivity index (χ1n) is 6.72. The summed E-state index contributed by atoms with van der Waals surface area (Å²) in [6, 6.07) is 11.1. The van der Waals surface area contributed by atoms with E-state index in [2.05, 4.69) is 4.98 Å². The van der Waals surface area contributed by atoms with Crippen molar-refractivity contribution in [1.82, 2.24) is 9.55 Å². The molecule has 4 nitrogen and oxygen atoms in total. The third-order valence-corrected chi connectivity index (χ3v) is 3.24. The van der Waals surface area contributed by atoms with Crippen molar-refractivity contribution in [2.45, 2.75) is 12.7 Å². The summed E-state index contributed by atoms with van der Waals surface area (Å²) < 4.78 is 44.6. The first-order valence-corrected chi connectivity index (χ1v) is 6.72. The monoisotopic (exact) mass is 320 g/mol. The highest BCUT2D eigenvalue weighted by Gasteiger charge is 2.34. The number of hydrogen-bond acceptors (Lipinski definition) is 3. The Hall–Kier alpha value is -2.83. The van der Waals surface area contributed by atoms with Gasteiger partial charge in [0.2, 0.25) is 5.89 Å². The second-order valence-corrected chi connectivity index (χ2v) is 4.84. The molecule has 0 amide bonds. The molecule has 2 heterocycles. The lowest BCUT2D eigenvalue weighted by Crippen LogP contribution is -2.28. The molecule has 23 heavy (non-hydrogen) atoms. The van der Waals surface area contributed by atoms with E-state index < -0.39 is 17.3 Å². The second-order valence-electron chi connectivity index (χ2n) is 4.84. The Labute approximate surface area is 128 Å². The van der Waals surface area contributed by atoms with E-state index in [0.29, 0.717) is 5.76 Å². The van der Waals surface area contributed by atoms with Crippen molar-refractivity contribution in [3.05, 3.63) is 76.7 Å². The molecule has 0 bridgehead atoms. The molecule has 0 aliphatic carbocycles. The number of benzene rings is 1. The van der Waals surface area contributed by atoms with Crippen molar-refractivity contribution in [2.24, 2.45) is 0 Å². The lowest BCUT2D eigenvalue weighted by atomic mass is 10.2. The number of halogens is 3. The van der Waals surface area contributed by atoms with Crippen molar-refractivity contribution < 1.29 is 17.6 Å². The molecule has 0 aliphatic heterocycles. The third-order valence-electron chi connectivity index (χ3n) is 3.24. The fourth-order valence-electron chi connectivity index (χ4n) is 2.14. The van der Waals surface area contributed by atoms with Crippen LogP contribution in [0.25, 0.3) is 11.3 Å². The third kappa shape index (κ3) is 3.18. The fourth-order valence-corrected chi connectivity index (χ4v) is 2.14. The zero-order valence-corrected chi connectivity index (χ0v) is 11.7. The Morgan fingerprint density at radius 2 is 1.83 bits per heavy atom. The Bertz CT molecular complexity index is 867. The quantitative estimate of drug-likeness (QED) is 0.741. The van der Waals surface area contributed by atoms with Gasteiger partial charge in [0.05, 0.1) is 6.20 Å². The van der Waals surface area contributed by atoms with Gasteiger partial charge < -0.3 is 8.98 Å². The molecule has 0 fully saturated rings. The highest BCUT2D eigenvalue weighted by molar-refractivity contribution is 5.55. The summed E-state index contributed by atoms with van der Waals surface area (Å²) in [5, 5.41) is 0. The van der Waals surface area contributed by atoms with Crippen LogP contribution in [0.15, 0.2) is 64.1 Å². The first-order chi connectivity index (χ1) is 10.9. The van der Waals surface area contributed by atoms with Crippen molar-refractivity contribution in [2.75, 3.05) is 0 Å². The predicted octanol–water partition coefficient (Wildman–Crippen LogP) is 3.57. The van der Waals surface area contributed by atoms with Crippen LogP contribution in [0, 0.1) is 0 Å². The Balaban J connectivity index is 1.89. The molecule has 0 N–H and O–H groups in total. The lowest BCUT2D eigenvalue weighted by Gasteiger charge is -2.08. The number of aromatic nitrogens is 2. The topological polar surface area (TPSA) is 48.0 Å². The maximum absolute atomic E-state index is 12.7. The number of hydrogen-bond donors (Lipinski definition) is 0. The average Bonchev–Trinajstić information content (AvgIpc) is 2.98. The molecule has 1 aromatic carbocycles. The van der Waals surface area contributed by atoms with Gasteiger partial charge in [-0.25, -0.2) is 4.98 Å². The van der Waals surface area contributed by atoms with Gasteiger partial charge in [-0.15, -0.1) is 0 Å². The van der Waals surface area contributed by atoms with Crippen molar-refractivity contribution >= 4 is 0 Å². The normalized spacial score (nSPS) is 11.6. The zero-order chi connectivity index (χ0) is 16.4. The van der Waals surface area contributed by atoms with E-state index in [1.807, 2.05) is 30.3 Å². The van der Waals surface area contributed by atoms with Gasteiger partial charge in [0.15, 0.2) is 5.76 Å². The maximum Gasteiger partial charge on any atom is 0.421 e. The number of alkyl halides is 3. The van der Waals surface area contributed by atoms with Gasteiger partial charge in [-0.2, -0.15) is 13.2 Å². The van der Waals surface area contributed by atoms with Crippen LogP contribution in [0.1, 0.15) is 11.5 Å². The van der Waals surface area contributed by atoms with Gasteiger partial charge in [0, 0.05) is 11.8 Å². The molecule has 2 aromatic heterocycles. The lowest BCUT2D eigenvalue weighted by molar-refractivity contribution is -0.138. The first kappa shape index (κ1) is 15.1. The van der Waals surface area contributed by atoms with E-state index in [4.69, 9.17) is 4.42 Å². The molecule has 0 unspecified atom stereocenters. The van der Waals surface area contributed by atoms with E-state index >= 15 is 0 Å². The van der Waals surface area contributed by atoms with E-state index in [1.54, 1.807) is 0 Å². The summed E-state index contributed by atoms with van der Waals surface area (Å²) in [6.45, 7) is -0.171. The van der Waals surface area contributed by atoms with Crippen molar-refractivity contribution in [3.8, 4) is 11.3 Å². The van der Waals surface area contributed by atoms with Gasteiger partial charge in [0.25, 0.3) is 5.56 Å². The molecular weight excluding hydrogens is 309 g/mol. The minimum atomic E-state index is -4.69. The number of pyridine rings is 1. The Morgan fingerprint density at radius 3 is 2.52 bits per heavy atom. The van der Waals surface area contributed by atoms with Crippen molar-refractivity contribution in [3.63, 3.8) is 0 Å². The van der Waals surface area contributed by atoms with Gasteiger partial charge >= 0.3 is 6.18 Å². The molecule has 118 valence electrons. The smallest absolute Gasteiger partial charge is 0.421 e. The van der Waals surface area contributed by atoms with Crippen LogP contribution in [-0.2, 0) is 12.7 Å². The van der Waals surface area contributed by atoms with Gasteiger partial charge in [-0.1, -0.05) is 30.3 Å². The zero-order valence-electron chi connectivity index (χ0n) is 11.7. The van der Waals surface area contributed by atoms with Crippen LogP contribution < -0.4 is 5.56 Å². The Kier molecular flexibility index (Phi) is 3.77. The Morgan fingerprint density at radius 1 is 1.09 bits per heavy atom. The summed E-state index contributed by atoms with van der Waals surface area (Å²) in [7, 11) is 0. The standard InChI is InChI=1S/C16H11F3N2O2/c17-16(18,19)12-7-4-8-21(15(12)22)10-14-20-9-13(23-14)11-5-2-1-3-6-11/h1-9H,10H2. The van der Waals surface area contributed by atoms with Crippen LogP contribution in [0.4, 0.5) is 13.2 Å². The van der Waals surface area contributed by atoms with E-state index in [-0.39, 0.29) is 12.4 Å². The summed E-state index contributed by atoms with van der Waals surface area (Å²) in [5.74, 6) is 0.644. The fraction of sp³-hybridized carbons (Fsp3) is 0.125. The van der Waals surface area contributed by atoms with Crippen LogP contribution >= 0.6 is 0 Å². The number of rotatable bonds is 3. The molecule has 0 saturated heterocycles. The van der Waals surface area contributed by atoms with Crippen molar-refractivity contribution in [1.29, 1.82) is 0 Å². The number of nitrogens with zero attached hydrogens (tertiary/aromatic N) is 2. The molecule has 3 rings (SSSR count). The molecule has 0 saturated carbocycles. The summed E-state index contributed by atoms with van der Waals surface area (Å²) in [6.07, 6.45) is -1.95. The van der Waals surface area contributed by atoms with Crippen LogP contribution in [0.5, 0.6) is 0 Å². The average molecular weight is 320 g/mol. The highest BCUT2D eigenvalue weighted by Crippen LogP contribution is 2.26. The maximum atomic E-state index is 12.7. The van der Waals surface area contributed by atoms with Crippen LogP contribution in [0.2, 0.25) is 0 Å². The highest BCUT2D eigenvalue weighted by atomic mass is 19.4. The van der Waals surface area contributed by atoms with Crippen LogP contribution in [-0.4, -0.2) is 9.55 Å². The molecule has 0 aliphatic rings. The van der Waals surface area contributed by atoms with E-state index in [1.165, 1.54) is 18.5 Å². The van der Waals surface area contributed by atoms with E-state index in [9.17, 15) is 18.0 Å².